The Morgan fingerprint density at radius 3 is 1.13 bits per heavy atom. The lowest BCUT2D eigenvalue weighted by molar-refractivity contribution is -0.246. The van der Waals surface area contributed by atoms with Crippen LogP contribution in [0.2, 0.25) is 0 Å². The first-order valence-electron chi connectivity index (χ1n) is 5.30. The molecule has 0 aromatic rings. The van der Waals surface area contributed by atoms with Crippen molar-refractivity contribution in [3.63, 3.8) is 0 Å². The fourth-order valence-corrected chi connectivity index (χ4v) is 0.815. The van der Waals surface area contributed by atoms with Crippen LogP contribution in [-0.2, 0) is 9.59 Å². The zero-order chi connectivity index (χ0) is 18.6. The van der Waals surface area contributed by atoms with E-state index < -0.39 is 48.3 Å². The van der Waals surface area contributed by atoms with Gasteiger partial charge in [0, 0.05) is 13.1 Å². The van der Waals surface area contributed by atoms with Gasteiger partial charge < -0.3 is 27.4 Å². The molecule has 8 N–H and O–H groups in total. The Bertz CT molecular complexity index is 381. The van der Waals surface area contributed by atoms with Gasteiger partial charge in [-0.3, -0.25) is 9.59 Å². The molecule has 0 unspecified atom stereocenters. The van der Waals surface area contributed by atoms with E-state index in [0.717, 1.165) is 0 Å². The fourth-order valence-electron chi connectivity index (χ4n) is 0.815. The molecule has 0 spiro atoms. The first-order valence-corrected chi connectivity index (χ1v) is 5.30. The van der Waals surface area contributed by atoms with E-state index in [4.69, 9.17) is 10.2 Å². The first-order chi connectivity index (χ1) is 9.51. The van der Waals surface area contributed by atoms with Crippen molar-refractivity contribution in [3.8, 4) is 0 Å². The van der Waals surface area contributed by atoms with Gasteiger partial charge in [0.05, 0.1) is 0 Å². The van der Waals surface area contributed by atoms with Crippen LogP contribution >= 0.6 is 12.4 Å². The maximum atomic E-state index is 11.8. The predicted octanol–water partition coefficient (Wildman–Crippen LogP) is -1.03. The number of alkyl halides is 6. The Morgan fingerprint density at radius 1 is 0.870 bits per heavy atom. The zero-order valence-electron chi connectivity index (χ0n) is 11.5. The van der Waals surface area contributed by atoms with Crippen LogP contribution in [0.25, 0.3) is 0 Å². The van der Waals surface area contributed by atoms with Gasteiger partial charge in [0.15, 0.2) is 5.78 Å². The minimum atomic E-state index is -5.12. The van der Waals surface area contributed by atoms with E-state index in [1.54, 1.807) is 0 Å². The summed E-state index contributed by atoms with van der Waals surface area (Å²) < 4.78 is 70.6. The van der Waals surface area contributed by atoms with Gasteiger partial charge in [-0.1, -0.05) is 0 Å². The number of halogens is 7. The van der Waals surface area contributed by atoms with Crippen molar-refractivity contribution in [2.45, 2.75) is 30.5 Å². The lowest BCUT2D eigenvalue weighted by Crippen LogP contribution is -2.60. The highest BCUT2D eigenvalue weighted by atomic mass is 35.5. The number of primary amides is 1. The second kappa shape index (κ2) is 8.63. The van der Waals surface area contributed by atoms with Crippen LogP contribution < -0.4 is 17.2 Å². The molecule has 0 rings (SSSR count). The van der Waals surface area contributed by atoms with Crippen LogP contribution in [0.1, 0.15) is 6.92 Å². The number of hydrogen-bond donors (Lipinski definition) is 5. The molecule has 2 atom stereocenters. The molecule has 140 valence electrons. The minimum Gasteiger partial charge on any atom is -0.373 e. The maximum Gasteiger partial charge on any atom is 0.427 e. The smallest absolute Gasteiger partial charge is 0.373 e. The van der Waals surface area contributed by atoms with E-state index in [2.05, 4.69) is 17.2 Å². The molecular formula is C9H16ClF6N3O4. The van der Waals surface area contributed by atoms with Crippen molar-refractivity contribution in [2.75, 3.05) is 13.1 Å². The van der Waals surface area contributed by atoms with Crippen molar-refractivity contribution in [3.05, 3.63) is 0 Å². The van der Waals surface area contributed by atoms with Crippen molar-refractivity contribution < 1.29 is 46.1 Å². The average Bonchev–Trinajstić information content (AvgIpc) is 2.34. The topological polar surface area (TPSA) is 153 Å². The zero-order valence-corrected chi connectivity index (χ0v) is 12.3. The van der Waals surface area contributed by atoms with E-state index in [1.807, 2.05) is 0 Å². The average molecular weight is 380 g/mol. The summed E-state index contributed by atoms with van der Waals surface area (Å²) in [5.41, 5.74) is 6.42. The third kappa shape index (κ3) is 6.10. The Hall–Kier alpha value is -1.15. The van der Waals surface area contributed by atoms with Crippen LogP contribution in [0.4, 0.5) is 26.3 Å². The Morgan fingerprint density at radius 2 is 1.13 bits per heavy atom. The summed E-state index contributed by atoms with van der Waals surface area (Å²) in [6.07, 6.45) is -10.1. The van der Waals surface area contributed by atoms with Gasteiger partial charge in [0.1, 0.15) is 0 Å². The van der Waals surface area contributed by atoms with E-state index >= 15 is 0 Å². The van der Waals surface area contributed by atoms with Gasteiger partial charge in [-0.15, -0.1) is 12.4 Å². The van der Waals surface area contributed by atoms with Crippen LogP contribution in [0, 0.1) is 0 Å². The van der Waals surface area contributed by atoms with E-state index in [-0.39, 0.29) is 12.4 Å². The molecule has 0 aliphatic rings. The summed E-state index contributed by atoms with van der Waals surface area (Å²) in [5, 5.41) is 17.1. The predicted molar refractivity (Wildman–Crippen MR) is 67.2 cm³/mol. The number of carbonyl (C=O) groups excluding carboxylic acids is 2. The second-order valence-corrected chi connectivity index (χ2v) is 4.04. The molecule has 14 heteroatoms. The number of amides is 1. The molecule has 0 fully saturated rings. The van der Waals surface area contributed by atoms with Gasteiger partial charge in [-0.2, -0.15) is 26.3 Å². The van der Waals surface area contributed by atoms with Crippen LogP contribution in [0.5, 0.6) is 0 Å². The molecular weight excluding hydrogens is 364 g/mol. The second-order valence-electron chi connectivity index (χ2n) is 4.04. The lowest BCUT2D eigenvalue weighted by atomic mass is 9.99. The fraction of sp³-hybridized carbons (Fsp3) is 0.778. The summed E-state index contributed by atoms with van der Waals surface area (Å²) in [4.78, 5) is 20.4. The SMILES string of the molecule is CC(=O)[C@](O)(CN)C(F)(F)F.Cl.NC[C@@](O)(C(N)=O)C(F)(F)F. The maximum absolute atomic E-state index is 11.8. The standard InChI is InChI=1S/C5H8F3NO2.C4H7F3N2O2.ClH/c1-3(10)4(11,2-9)5(6,7)8;5-4(6,7)3(11,1-8)2(9)10;/h11H,2,9H2,1H3;11H,1,8H2,(H2,9,10);1H/t4-;3-;/m11./s1. The molecule has 0 bridgehead atoms. The molecule has 0 saturated heterocycles. The van der Waals surface area contributed by atoms with Crippen molar-refractivity contribution in [2.24, 2.45) is 17.2 Å². The third-order valence-corrected chi connectivity index (χ3v) is 2.52. The summed E-state index contributed by atoms with van der Waals surface area (Å²) in [6, 6.07) is 0. The molecule has 23 heavy (non-hydrogen) atoms. The molecule has 0 aromatic carbocycles. The van der Waals surface area contributed by atoms with E-state index in [9.17, 15) is 35.9 Å². The van der Waals surface area contributed by atoms with Gasteiger partial charge in [-0.05, 0) is 6.92 Å². The van der Waals surface area contributed by atoms with Crippen LogP contribution in [-0.4, -0.2) is 58.5 Å². The van der Waals surface area contributed by atoms with Gasteiger partial charge in [0.25, 0.3) is 11.5 Å². The molecule has 0 radical (unpaired) electrons. The summed E-state index contributed by atoms with van der Waals surface area (Å²) in [6.45, 7) is -1.78. The highest BCUT2D eigenvalue weighted by Gasteiger charge is 2.58. The largest absolute Gasteiger partial charge is 0.427 e. The number of nitrogens with two attached hydrogens (primary N) is 3. The Labute approximate surface area is 132 Å². The highest BCUT2D eigenvalue weighted by molar-refractivity contribution is 5.86. The summed E-state index contributed by atoms with van der Waals surface area (Å²) in [7, 11) is 0. The molecule has 0 aromatic heterocycles. The van der Waals surface area contributed by atoms with Gasteiger partial charge in [0.2, 0.25) is 5.60 Å². The Kier molecular flexibility index (Phi) is 10.0. The number of aliphatic hydroxyl groups is 2. The van der Waals surface area contributed by atoms with Crippen molar-refractivity contribution >= 4 is 24.1 Å². The molecule has 0 saturated carbocycles. The van der Waals surface area contributed by atoms with Gasteiger partial charge in [-0.25, -0.2) is 0 Å². The van der Waals surface area contributed by atoms with Gasteiger partial charge >= 0.3 is 12.4 Å². The molecule has 0 aliphatic heterocycles. The van der Waals surface area contributed by atoms with Crippen LogP contribution in [0.15, 0.2) is 0 Å². The molecule has 0 aliphatic carbocycles. The highest BCUT2D eigenvalue weighted by Crippen LogP contribution is 2.30. The quantitative estimate of drug-likeness (QED) is 0.394. The number of hydrogen-bond acceptors (Lipinski definition) is 6. The van der Waals surface area contributed by atoms with Crippen molar-refractivity contribution in [1.29, 1.82) is 0 Å². The number of ketones is 1. The monoisotopic (exact) mass is 379 g/mol. The minimum absolute atomic E-state index is 0. The normalized spacial score (nSPS) is 16.8. The van der Waals surface area contributed by atoms with E-state index in [0.29, 0.717) is 6.92 Å². The third-order valence-electron chi connectivity index (χ3n) is 2.52. The number of carbonyl (C=O) groups is 2. The van der Waals surface area contributed by atoms with Crippen molar-refractivity contribution in [1.82, 2.24) is 0 Å². The summed E-state index contributed by atoms with van der Waals surface area (Å²) >= 11 is 0. The number of rotatable bonds is 4. The van der Waals surface area contributed by atoms with E-state index in [1.165, 1.54) is 0 Å². The van der Waals surface area contributed by atoms with Crippen LogP contribution in [0.3, 0.4) is 0 Å². The molecule has 1 amide bonds. The lowest BCUT2D eigenvalue weighted by Gasteiger charge is -2.25. The molecule has 7 nitrogen and oxygen atoms in total. The Balaban J connectivity index is -0.000000333. The summed E-state index contributed by atoms with van der Waals surface area (Å²) in [5.74, 6) is -3.29. The first kappa shape index (κ1) is 26.7. The number of Topliss-reactive ketones (excluding diaryl/α,β-unsaturated/α-hetero) is 1. The molecule has 0 heterocycles.